The summed E-state index contributed by atoms with van der Waals surface area (Å²) < 4.78 is 24.4. The Balaban J connectivity index is 0.00000323. The maximum Gasteiger partial charge on any atom is 2.00 e. The Morgan fingerprint density at radius 2 is 1.73 bits per heavy atom. The van der Waals surface area contributed by atoms with Gasteiger partial charge >= 0.3 is 21.1 Å². The molecule has 0 radical (unpaired) electrons. The average molecular weight is 709 g/mol. The zero-order chi connectivity index (χ0) is 27.3. The second-order valence-corrected chi connectivity index (χ2v) is 10.4. The predicted octanol–water partition coefficient (Wildman–Crippen LogP) is 7.96. The van der Waals surface area contributed by atoms with Gasteiger partial charge in [-0.3, -0.25) is 9.83 Å². The molecule has 6 nitrogen and oxygen atoms in total. The Labute approximate surface area is 246 Å². The summed E-state index contributed by atoms with van der Waals surface area (Å²) in [5.41, 5.74) is 3.48. The van der Waals surface area contributed by atoms with Crippen LogP contribution in [0.25, 0.3) is 43.9 Å². The molecule has 0 amide bonds. The number of fused-ring (bicyclic) bond motifs is 3. The Bertz CT molecular complexity index is 1930. The van der Waals surface area contributed by atoms with Gasteiger partial charge in [-0.25, -0.2) is 9.37 Å². The molecule has 200 valence electrons. The Hall–Kier alpha value is -4.27. The van der Waals surface area contributed by atoms with Crippen molar-refractivity contribution in [2.75, 3.05) is 0 Å². The van der Waals surface area contributed by atoms with E-state index in [0.717, 1.165) is 16.3 Å². The van der Waals surface area contributed by atoms with Crippen LogP contribution in [0, 0.1) is 24.5 Å². The van der Waals surface area contributed by atoms with Crippen molar-refractivity contribution in [3.8, 4) is 28.7 Å². The molecule has 0 saturated heterocycles. The zero-order valence-corrected chi connectivity index (χ0v) is 24.5. The number of hydrogen-bond donors (Lipinski definition) is 0. The molecule has 0 N–H and O–H groups in total. The van der Waals surface area contributed by atoms with Gasteiger partial charge in [0.2, 0.25) is 0 Å². The fourth-order valence-corrected chi connectivity index (χ4v) is 4.71. The van der Waals surface area contributed by atoms with E-state index < -0.39 is 0 Å². The molecule has 0 aliphatic carbocycles. The van der Waals surface area contributed by atoms with Crippen LogP contribution < -0.4 is 4.74 Å². The topological polar surface area (TPSA) is 49.2 Å². The molecule has 0 aliphatic rings. The number of rotatable bonds is 4. The third-order valence-electron chi connectivity index (χ3n) is 6.69. The van der Waals surface area contributed by atoms with Crippen LogP contribution >= 0.6 is 0 Å². The standard InChI is InChI=1S/C32H24FN5O.Pt/c1-32(2,3)21-10-11-35-30(16-21)38-28-17-22(33)6-8-26(28)27-9-7-24(19-29(27)38)39-25-15-20(14-23(18-25)34-4)31-36-12-13-37(31)5;/h6-14,16-18H,1-3,5H3;/q-2;+2. The van der Waals surface area contributed by atoms with Gasteiger partial charge in [-0.05, 0) is 40.6 Å². The molecule has 3 heterocycles. The molecule has 0 bridgehead atoms. The predicted molar refractivity (Wildman–Crippen MR) is 150 cm³/mol. The summed E-state index contributed by atoms with van der Waals surface area (Å²) in [5, 5.41) is 1.78. The summed E-state index contributed by atoms with van der Waals surface area (Å²) in [6.07, 6.45) is 5.30. The second kappa shape index (κ2) is 10.4. The minimum absolute atomic E-state index is 0. The Kier molecular flexibility index (Phi) is 7.08. The number of aromatic nitrogens is 4. The number of pyridine rings is 1. The fourth-order valence-electron chi connectivity index (χ4n) is 4.71. The van der Waals surface area contributed by atoms with Crippen molar-refractivity contribution in [3.63, 3.8) is 0 Å². The smallest absolute Gasteiger partial charge is 0.504 e. The van der Waals surface area contributed by atoms with Gasteiger partial charge in [-0.2, -0.15) is 6.07 Å². The number of ether oxygens (including phenoxy) is 1. The van der Waals surface area contributed by atoms with Crippen molar-refractivity contribution >= 4 is 27.5 Å². The Morgan fingerprint density at radius 3 is 2.45 bits per heavy atom. The van der Waals surface area contributed by atoms with Crippen LogP contribution in [0.15, 0.2) is 73.2 Å². The van der Waals surface area contributed by atoms with Crippen molar-refractivity contribution in [2.24, 2.45) is 7.05 Å². The summed E-state index contributed by atoms with van der Waals surface area (Å²) in [6.45, 7) is 14.0. The number of nitrogens with zero attached hydrogens (tertiary/aromatic N) is 5. The maximum atomic E-state index is 14.4. The summed E-state index contributed by atoms with van der Waals surface area (Å²) >= 11 is 0. The molecule has 0 spiro atoms. The normalized spacial score (nSPS) is 11.4. The molecule has 40 heavy (non-hydrogen) atoms. The molecule has 6 rings (SSSR count). The zero-order valence-electron chi connectivity index (χ0n) is 22.3. The van der Waals surface area contributed by atoms with Crippen LogP contribution in [0.2, 0.25) is 0 Å². The van der Waals surface area contributed by atoms with Gasteiger partial charge < -0.3 is 13.9 Å². The first-order chi connectivity index (χ1) is 18.7. The van der Waals surface area contributed by atoms with E-state index in [1.165, 1.54) is 12.1 Å². The monoisotopic (exact) mass is 708 g/mol. The first-order valence-electron chi connectivity index (χ1n) is 12.4. The van der Waals surface area contributed by atoms with Crippen molar-refractivity contribution in [1.82, 2.24) is 19.1 Å². The number of halogens is 1. The molecule has 3 aromatic heterocycles. The summed E-state index contributed by atoms with van der Waals surface area (Å²) in [7, 11) is 1.88. The van der Waals surface area contributed by atoms with Gasteiger partial charge in [0.25, 0.3) is 0 Å². The molecule has 6 aromatic rings. The minimum atomic E-state index is -0.331. The second-order valence-electron chi connectivity index (χ2n) is 10.4. The third kappa shape index (κ3) is 4.92. The minimum Gasteiger partial charge on any atom is -0.504 e. The average Bonchev–Trinajstić information content (AvgIpc) is 3.48. The van der Waals surface area contributed by atoms with Crippen molar-refractivity contribution in [3.05, 3.63) is 108 Å². The molecule has 0 aliphatic heterocycles. The van der Waals surface area contributed by atoms with Gasteiger partial charge in [0.1, 0.15) is 17.3 Å². The van der Waals surface area contributed by atoms with Gasteiger partial charge in [0.15, 0.2) is 0 Å². The maximum absolute atomic E-state index is 14.4. The van der Waals surface area contributed by atoms with Gasteiger partial charge in [-0.15, -0.1) is 29.1 Å². The van der Waals surface area contributed by atoms with Crippen molar-refractivity contribution in [1.29, 1.82) is 0 Å². The molecule has 0 saturated carbocycles. The number of hydrogen-bond acceptors (Lipinski definition) is 3. The van der Waals surface area contributed by atoms with Crippen LogP contribution in [0.4, 0.5) is 10.1 Å². The van der Waals surface area contributed by atoms with Crippen molar-refractivity contribution in [2.45, 2.75) is 26.2 Å². The van der Waals surface area contributed by atoms with Crippen LogP contribution in [-0.4, -0.2) is 19.1 Å². The van der Waals surface area contributed by atoms with Gasteiger partial charge in [0.05, 0.1) is 12.4 Å². The van der Waals surface area contributed by atoms with E-state index in [1.54, 1.807) is 30.6 Å². The molecule has 8 heteroatoms. The number of benzene rings is 3. The van der Waals surface area contributed by atoms with E-state index in [-0.39, 0.29) is 32.3 Å². The SMILES string of the molecule is [C-]#[N+]c1cc(Oc2[c-]c3c(cc2)c2ccc(F)cc2n3-c2cc(C(C)(C)C)ccn2)[c-]c(-c2nccn2C)c1.[Pt+2]. The van der Waals surface area contributed by atoms with E-state index in [2.05, 4.69) is 47.7 Å². The third-order valence-corrected chi connectivity index (χ3v) is 6.69. The molecule has 3 aromatic carbocycles. The van der Waals surface area contributed by atoms with Crippen LogP contribution in [0.3, 0.4) is 0 Å². The summed E-state index contributed by atoms with van der Waals surface area (Å²) in [5.74, 6) is 1.82. The van der Waals surface area contributed by atoms with Gasteiger partial charge in [0, 0.05) is 42.7 Å². The fraction of sp³-hybridized carbons (Fsp3) is 0.156. The van der Waals surface area contributed by atoms with Gasteiger partial charge in [-0.1, -0.05) is 44.5 Å². The molecule has 0 atom stereocenters. The van der Waals surface area contributed by atoms with E-state index >= 15 is 0 Å². The number of imidazole rings is 1. The molecule has 0 unspecified atom stereocenters. The van der Waals surface area contributed by atoms with Crippen molar-refractivity contribution < 1.29 is 30.2 Å². The largest absolute Gasteiger partial charge is 2.00 e. The van der Waals surface area contributed by atoms with E-state index in [4.69, 9.17) is 11.3 Å². The first kappa shape index (κ1) is 27.3. The van der Waals surface area contributed by atoms with E-state index in [0.29, 0.717) is 45.4 Å². The summed E-state index contributed by atoms with van der Waals surface area (Å²) in [4.78, 5) is 12.6. The van der Waals surface area contributed by atoms with E-state index in [9.17, 15) is 4.39 Å². The quantitative estimate of drug-likeness (QED) is 0.175. The molecular formula is C32H24FN5OPt. The first-order valence-corrected chi connectivity index (χ1v) is 12.4. The number of aryl methyl sites for hydroxylation is 1. The van der Waals surface area contributed by atoms with Crippen LogP contribution in [-0.2, 0) is 33.5 Å². The summed E-state index contributed by atoms with van der Waals surface area (Å²) in [6, 6.07) is 22.5. The van der Waals surface area contributed by atoms with Crippen LogP contribution in [0.1, 0.15) is 26.3 Å². The van der Waals surface area contributed by atoms with Crippen LogP contribution in [0.5, 0.6) is 11.5 Å². The Morgan fingerprint density at radius 1 is 0.925 bits per heavy atom. The molecule has 0 fully saturated rings. The molecular weight excluding hydrogens is 684 g/mol. The van der Waals surface area contributed by atoms with E-state index in [1.807, 2.05) is 46.6 Å².